The van der Waals surface area contributed by atoms with Gasteiger partial charge < -0.3 is 20.5 Å². The summed E-state index contributed by atoms with van der Waals surface area (Å²) in [5.41, 5.74) is 5.23. The molecule has 8 nitrogen and oxygen atoms in total. The van der Waals surface area contributed by atoms with E-state index in [0.717, 1.165) is 22.3 Å². The average molecular weight is 494 g/mol. The lowest BCUT2D eigenvalue weighted by Crippen LogP contribution is -2.44. The molecule has 1 atom stereocenters. The lowest BCUT2D eigenvalue weighted by atomic mass is 9.98. The number of hydrogen-bond acceptors (Lipinski definition) is 5. The van der Waals surface area contributed by atoms with Crippen LogP contribution in [0, 0.1) is 6.92 Å². The molecule has 1 heterocycles. The third-order valence-electron chi connectivity index (χ3n) is 5.91. The molecular weight excluding hydrogens is 470 g/mol. The Morgan fingerprint density at radius 2 is 1.66 bits per heavy atom. The highest BCUT2D eigenvalue weighted by Crippen LogP contribution is 2.44. The molecule has 2 amide bonds. The lowest BCUT2D eigenvalue weighted by Gasteiger charge is -2.20. The molecule has 0 radical (unpaired) electrons. The summed E-state index contributed by atoms with van der Waals surface area (Å²) in [6.07, 6.45) is -1.21. The third kappa shape index (κ3) is 5.60. The number of benzene rings is 2. The minimum absolute atomic E-state index is 0.0767. The molecule has 0 saturated heterocycles. The van der Waals surface area contributed by atoms with Crippen molar-refractivity contribution in [2.75, 3.05) is 11.9 Å². The second-order valence-corrected chi connectivity index (χ2v) is 8.60. The number of fused-ring (bicyclic) bond motifs is 3. The zero-order chi connectivity index (χ0) is 24.9. The van der Waals surface area contributed by atoms with Crippen molar-refractivity contribution in [3.05, 3.63) is 82.6 Å². The van der Waals surface area contributed by atoms with E-state index in [1.54, 1.807) is 13.0 Å². The predicted molar refractivity (Wildman–Crippen MR) is 131 cm³/mol. The van der Waals surface area contributed by atoms with Gasteiger partial charge in [-0.15, -0.1) is 0 Å². The number of pyridine rings is 1. The van der Waals surface area contributed by atoms with Crippen molar-refractivity contribution in [2.24, 2.45) is 0 Å². The van der Waals surface area contributed by atoms with Gasteiger partial charge in [-0.2, -0.15) is 0 Å². The molecule has 1 aromatic heterocycles. The Hall–Kier alpha value is -3.91. The number of aryl methyl sites for hydroxylation is 1. The number of rotatable bonds is 8. The molecule has 0 bridgehead atoms. The second-order valence-electron chi connectivity index (χ2n) is 8.21. The van der Waals surface area contributed by atoms with Crippen LogP contribution in [0.25, 0.3) is 11.1 Å². The Bertz CT molecular complexity index is 1230. The highest BCUT2D eigenvalue weighted by Gasteiger charge is 2.30. The maximum atomic E-state index is 12.9. The fraction of sp³-hybridized carbons (Fsp3) is 0.231. The first-order valence-corrected chi connectivity index (χ1v) is 11.5. The Kier molecular flexibility index (Phi) is 7.31. The van der Waals surface area contributed by atoms with Crippen molar-refractivity contribution in [1.29, 1.82) is 0 Å². The number of carboxylic acid groups (broad SMARTS) is 1. The molecule has 1 aliphatic carbocycles. The maximum Gasteiger partial charge on any atom is 0.407 e. The van der Waals surface area contributed by atoms with Crippen molar-refractivity contribution in [3.63, 3.8) is 0 Å². The van der Waals surface area contributed by atoms with Crippen molar-refractivity contribution in [3.8, 4) is 11.1 Å². The van der Waals surface area contributed by atoms with Gasteiger partial charge in [-0.1, -0.05) is 60.1 Å². The topological polar surface area (TPSA) is 118 Å². The Labute approximate surface area is 207 Å². The number of nitrogens with one attached hydrogen (secondary N) is 2. The van der Waals surface area contributed by atoms with Gasteiger partial charge in [0.25, 0.3) is 0 Å². The van der Waals surface area contributed by atoms with Gasteiger partial charge in [0, 0.05) is 12.3 Å². The fourth-order valence-corrected chi connectivity index (χ4v) is 4.39. The van der Waals surface area contributed by atoms with Gasteiger partial charge >= 0.3 is 12.1 Å². The largest absolute Gasteiger partial charge is 0.481 e. The average Bonchev–Trinajstić information content (AvgIpc) is 3.15. The number of nitrogens with zero attached hydrogens (tertiary/aromatic N) is 1. The van der Waals surface area contributed by atoms with Crippen LogP contribution in [0.2, 0.25) is 5.15 Å². The summed E-state index contributed by atoms with van der Waals surface area (Å²) in [7, 11) is 0. The number of ether oxygens (including phenoxy) is 1. The Balaban J connectivity index is 1.43. The number of alkyl carbamates (subject to hydrolysis) is 1. The van der Waals surface area contributed by atoms with Crippen LogP contribution in [0.1, 0.15) is 35.6 Å². The third-order valence-corrected chi connectivity index (χ3v) is 6.12. The monoisotopic (exact) mass is 493 g/mol. The first-order chi connectivity index (χ1) is 16.8. The van der Waals surface area contributed by atoms with Crippen LogP contribution < -0.4 is 10.6 Å². The molecule has 1 aliphatic rings. The quantitative estimate of drug-likeness (QED) is 0.390. The van der Waals surface area contributed by atoms with Gasteiger partial charge in [-0.25, -0.2) is 9.78 Å². The first-order valence-electron chi connectivity index (χ1n) is 11.1. The lowest BCUT2D eigenvalue weighted by molar-refractivity contribution is -0.137. The van der Waals surface area contributed by atoms with E-state index in [1.165, 1.54) is 6.07 Å². The summed E-state index contributed by atoms with van der Waals surface area (Å²) < 4.78 is 5.51. The van der Waals surface area contributed by atoms with E-state index in [9.17, 15) is 14.4 Å². The van der Waals surface area contributed by atoms with Gasteiger partial charge in [0.1, 0.15) is 17.8 Å². The van der Waals surface area contributed by atoms with Crippen molar-refractivity contribution in [1.82, 2.24) is 10.3 Å². The van der Waals surface area contributed by atoms with E-state index < -0.39 is 24.0 Å². The van der Waals surface area contributed by atoms with Gasteiger partial charge in [0.2, 0.25) is 5.91 Å². The summed E-state index contributed by atoms with van der Waals surface area (Å²) in [4.78, 5) is 40.7. The standard InChI is InChI=1S/C26H24ClN3O5/c1-15-21(10-12-23(27)28-15)29-25(33)22(11-13-24(31)32)30-26(34)35-14-20-18-8-4-2-6-16(18)17-7-3-5-9-19(17)20/h2-10,12,20,22H,11,13-14H2,1H3,(H,29,33)(H,30,34)(H,31,32). The van der Waals surface area contributed by atoms with Gasteiger partial charge in [0.15, 0.2) is 0 Å². The van der Waals surface area contributed by atoms with Crippen LogP contribution in [0.5, 0.6) is 0 Å². The molecule has 0 spiro atoms. The molecule has 3 N–H and O–H groups in total. The van der Waals surface area contributed by atoms with Crippen LogP contribution in [-0.4, -0.2) is 40.7 Å². The molecular formula is C26H24ClN3O5. The van der Waals surface area contributed by atoms with Crippen LogP contribution in [0.3, 0.4) is 0 Å². The number of carbonyl (C=O) groups is 3. The zero-order valence-corrected chi connectivity index (χ0v) is 19.7. The van der Waals surface area contributed by atoms with Gasteiger partial charge in [-0.05, 0) is 47.7 Å². The van der Waals surface area contributed by atoms with Crippen molar-refractivity contribution < 1.29 is 24.2 Å². The zero-order valence-electron chi connectivity index (χ0n) is 19.0. The number of aromatic nitrogens is 1. The highest BCUT2D eigenvalue weighted by atomic mass is 35.5. The van der Waals surface area contributed by atoms with Crippen LogP contribution in [0.15, 0.2) is 60.7 Å². The van der Waals surface area contributed by atoms with Gasteiger partial charge in [0.05, 0.1) is 11.4 Å². The highest BCUT2D eigenvalue weighted by molar-refractivity contribution is 6.29. The Morgan fingerprint density at radius 1 is 1.03 bits per heavy atom. The second kappa shape index (κ2) is 10.6. The number of aliphatic carboxylic acids is 1. The van der Waals surface area contributed by atoms with E-state index in [1.807, 2.05) is 48.5 Å². The minimum atomic E-state index is -1.11. The molecule has 0 aliphatic heterocycles. The van der Waals surface area contributed by atoms with Crippen molar-refractivity contribution in [2.45, 2.75) is 31.7 Å². The number of carbonyl (C=O) groups excluding carboxylic acids is 2. The van der Waals surface area contributed by atoms with E-state index >= 15 is 0 Å². The normalized spacial score (nSPS) is 12.9. The van der Waals surface area contributed by atoms with E-state index in [4.69, 9.17) is 21.4 Å². The molecule has 0 saturated carbocycles. The van der Waals surface area contributed by atoms with E-state index in [2.05, 4.69) is 15.6 Å². The number of anilines is 1. The molecule has 4 rings (SSSR count). The molecule has 1 unspecified atom stereocenters. The van der Waals surface area contributed by atoms with Crippen LogP contribution in [-0.2, 0) is 14.3 Å². The molecule has 3 aromatic rings. The number of hydrogen-bond donors (Lipinski definition) is 3. The number of carboxylic acids is 1. The van der Waals surface area contributed by atoms with Gasteiger partial charge in [-0.3, -0.25) is 9.59 Å². The number of halogens is 1. The summed E-state index contributed by atoms with van der Waals surface area (Å²) in [5, 5.41) is 14.5. The van der Waals surface area contributed by atoms with E-state index in [-0.39, 0.29) is 30.5 Å². The summed E-state index contributed by atoms with van der Waals surface area (Å²) in [6.45, 7) is 1.75. The van der Waals surface area contributed by atoms with E-state index in [0.29, 0.717) is 11.4 Å². The maximum absolute atomic E-state index is 12.9. The smallest absolute Gasteiger partial charge is 0.407 e. The first kappa shape index (κ1) is 24.2. The SMILES string of the molecule is Cc1nc(Cl)ccc1NC(=O)C(CCC(=O)O)NC(=O)OCC1c2ccccc2-c2ccccc21. The molecule has 180 valence electrons. The molecule has 2 aromatic carbocycles. The predicted octanol–water partition coefficient (Wildman–Crippen LogP) is 4.75. The molecule has 35 heavy (non-hydrogen) atoms. The van der Waals surface area contributed by atoms with Crippen LogP contribution in [0.4, 0.5) is 10.5 Å². The van der Waals surface area contributed by atoms with Crippen LogP contribution >= 0.6 is 11.6 Å². The summed E-state index contributed by atoms with van der Waals surface area (Å²) in [6, 6.07) is 17.9. The number of amides is 2. The molecule has 0 fully saturated rings. The minimum Gasteiger partial charge on any atom is -0.481 e. The summed E-state index contributed by atoms with van der Waals surface area (Å²) >= 11 is 5.86. The summed E-state index contributed by atoms with van der Waals surface area (Å²) in [5.74, 6) is -1.80. The molecule has 9 heteroatoms. The van der Waals surface area contributed by atoms with Crippen molar-refractivity contribution >= 4 is 35.3 Å². The Morgan fingerprint density at radius 3 is 2.26 bits per heavy atom. The fourth-order valence-electron chi connectivity index (χ4n) is 4.20.